The van der Waals surface area contributed by atoms with Gasteiger partial charge >= 0.3 is 11.9 Å². The predicted octanol–water partition coefficient (Wildman–Crippen LogP) is 4.06. The van der Waals surface area contributed by atoms with Crippen LogP contribution in [0, 0.1) is 0 Å². The highest BCUT2D eigenvalue weighted by molar-refractivity contribution is 5.79. The van der Waals surface area contributed by atoms with Gasteiger partial charge in [-0.2, -0.15) is 0 Å². The van der Waals surface area contributed by atoms with Crippen LogP contribution in [0.15, 0.2) is 30.3 Å². The Morgan fingerprint density at radius 2 is 1.71 bits per heavy atom. The summed E-state index contributed by atoms with van der Waals surface area (Å²) in [6.07, 6.45) is 4.78. The molecule has 2 aliphatic rings. The SMILES string of the molecule is CN1[C@@H]2CC[C@H]1CC(OC(=O)C(CCC(=O)OC(C)(C)C)c1ccccc1)C2. The van der Waals surface area contributed by atoms with Crippen molar-refractivity contribution in [2.24, 2.45) is 0 Å². The number of nitrogens with zero attached hydrogens (tertiary/aromatic N) is 1. The van der Waals surface area contributed by atoms with Crippen LogP contribution in [-0.4, -0.2) is 47.7 Å². The first-order valence-electron chi connectivity index (χ1n) is 10.4. The van der Waals surface area contributed by atoms with Gasteiger partial charge in [-0.25, -0.2) is 0 Å². The van der Waals surface area contributed by atoms with Crippen LogP contribution in [0.25, 0.3) is 0 Å². The lowest BCUT2D eigenvalue weighted by Crippen LogP contribution is -2.43. The summed E-state index contributed by atoms with van der Waals surface area (Å²) >= 11 is 0. The van der Waals surface area contributed by atoms with Crippen molar-refractivity contribution < 1.29 is 19.1 Å². The molecule has 0 spiro atoms. The number of carbonyl (C=O) groups excluding carboxylic acids is 2. The Labute approximate surface area is 168 Å². The van der Waals surface area contributed by atoms with Crippen molar-refractivity contribution in [1.29, 1.82) is 0 Å². The van der Waals surface area contributed by atoms with E-state index in [2.05, 4.69) is 11.9 Å². The van der Waals surface area contributed by atoms with Gasteiger partial charge in [-0.3, -0.25) is 9.59 Å². The highest BCUT2D eigenvalue weighted by atomic mass is 16.6. The van der Waals surface area contributed by atoms with Crippen LogP contribution >= 0.6 is 0 Å². The van der Waals surface area contributed by atoms with Crippen LogP contribution in [0.3, 0.4) is 0 Å². The fraction of sp³-hybridized carbons (Fsp3) is 0.652. The van der Waals surface area contributed by atoms with Crippen LogP contribution in [-0.2, 0) is 19.1 Å². The first kappa shape index (κ1) is 20.8. The largest absolute Gasteiger partial charge is 0.462 e. The molecule has 2 saturated heterocycles. The van der Waals surface area contributed by atoms with Crippen molar-refractivity contribution in [3.8, 4) is 0 Å². The molecule has 2 fully saturated rings. The summed E-state index contributed by atoms with van der Waals surface area (Å²) < 4.78 is 11.4. The Hall–Kier alpha value is -1.88. The average Bonchev–Trinajstić information content (AvgIpc) is 2.82. The van der Waals surface area contributed by atoms with E-state index in [4.69, 9.17) is 9.47 Å². The van der Waals surface area contributed by atoms with E-state index in [0.29, 0.717) is 18.5 Å². The second-order valence-corrected chi connectivity index (χ2v) is 9.17. The van der Waals surface area contributed by atoms with Crippen molar-refractivity contribution in [1.82, 2.24) is 4.90 Å². The third kappa shape index (κ3) is 5.34. The molecule has 2 bridgehead atoms. The molecular formula is C23H33NO4. The minimum Gasteiger partial charge on any atom is -0.462 e. The molecule has 0 amide bonds. The highest BCUT2D eigenvalue weighted by Gasteiger charge is 2.40. The fourth-order valence-corrected chi connectivity index (χ4v) is 4.46. The van der Waals surface area contributed by atoms with Crippen LogP contribution in [0.5, 0.6) is 0 Å². The van der Waals surface area contributed by atoms with E-state index in [9.17, 15) is 9.59 Å². The van der Waals surface area contributed by atoms with E-state index in [1.807, 2.05) is 51.1 Å². The smallest absolute Gasteiger partial charge is 0.313 e. The highest BCUT2D eigenvalue weighted by Crippen LogP contribution is 2.36. The zero-order chi connectivity index (χ0) is 20.3. The fourth-order valence-electron chi connectivity index (χ4n) is 4.46. The van der Waals surface area contributed by atoms with E-state index in [-0.39, 0.29) is 24.5 Å². The Bertz CT molecular complexity index is 668. The molecule has 1 aromatic carbocycles. The van der Waals surface area contributed by atoms with Gasteiger partial charge < -0.3 is 14.4 Å². The third-order valence-corrected chi connectivity index (χ3v) is 5.88. The first-order chi connectivity index (χ1) is 13.2. The molecule has 5 heteroatoms. The molecule has 5 nitrogen and oxygen atoms in total. The summed E-state index contributed by atoms with van der Waals surface area (Å²) in [5.74, 6) is -0.937. The molecule has 0 saturated carbocycles. The second kappa shape index (κ2) is 8.64. The van der Waals surface area contributed by atoms with Gasteiger partial charge in [-0.15, -0.1) is 0 Å². The molecule has 2 aliphatic heterocycles. The van der Waals surface area contributed by atoms with Crippen molar-refractivity contribution in [2.75, 3.05) is 7.05 Å². The predicted molar refractivity (Wildman–Crippen MR) is 108 cm³/mol. The number of esters is 2. The number of benzene rings is 1. The molecule has 0 aromatic heterocycles. The van der Waals surface area contributed by atoms with Crippen LogP contribution in [0.4, 0.5) is 0 Å². The number of rotatable bonds is 6. The molecule has 0 N–H and O–H groups in total. The van der Waals surface area contributed by atoms with Gasteiger partial charge in [0.15, 0.2) is 0 Å². The second-order valence-electron chi connectivity index (χ2n) is 9.17. The van der Waals surface area contributed by atoms with Gasteiger partial charge in [0.1, 0.15) is 11.7 Å². The Balaban J connectivity index is 1.63. The Morgan fingerprint density at radius 3 is 2.29 bits per heavy atom. The molecule has 3 rings (SSSR count). The zero-order valence-electron chi connectivity index (χ0n) is 17.5. The molecule has 2 unspecified atom stereocenters. The zero-order valence-corrected chi connectivity index (χ0v) is 17.5. The number of fused-ring (bicyclic) bond motifs is 2. The molecule has 1 aromatic rings. The van der Waals surface area contributed by atoms with Crippen molar-refractivity contribution in [3.05, 3.63) is 35.9 Å². The maximum atomic E-state index is 13.0. The van der Waals surface area contributed by atoms with Crippen molar-refractivity contribution in [2.45, 2.75) is 89.0 Å². The summed E-state index contributed by atoms with van der Waals surface area (Å²) in [4.78, 5) is 27.6. The molecule has 2 heterocycles. The summed E-state index contributed by atoms with van der Waals surface area (Å²) in [5, 5.41) is 0. The number of hydrogen-bond donors (Lipinski definition) is 0. The number of carbonyl (C=O) groups is 2. The standard InChI is InChI=1S/C23H33NO4/c1-23(2,3)28-21(25)13-12-20(16-8-6-5-7-9-16)22(26)27-19-14-17-10-11-18(15-19)24(17)4/h5-9,17-20H,10-15H2,1-4H3/t17-,18+,19?,20?. The van der Waals surface area contributed by atoms with Crippen LogP contribution in [0.1, 0.15) is 70.8 Å². The number of hydrogen-bond acceptors (Lipinski definition) is 5. The van der Waals surface area contributed by atoms with E-state index < -0.39 is 11.5 Å². The average molecular weight is 388 g/mol. The van der Waals surface area contributed by atoms with Crippen LogP contribution < -0.4 is 0 Å². The molecule has 0 radical (unpaired) electrons. The molecular weight excluding hydrogens is 354 g/mol. The quantitative estimate of drug-likeness (QED) is 0.689. The lowest BCUT2D eigenvalue weighted by molar-refractivity contribution is -0.156. The van der Waals surface area contributed by atoms with Crippen molar-refractivity contribution >= 4 is 11.9 Å². The maximum absolute atomic E-state index is 13.0. The Kier molecular flexibility index (Phi) is 6.43. The van der Waals surface area contributed by atoms with E-state index in [1.54, 1.807) is 0 Å². The van der Waals surface area contributed by atoms with E-state index >= 15 is 0 Å². The molecule has 28 heavy (non-hydrogen) atoms. The van der Waals surface area contributed by atoms with Gasteiger partial charge in [-0.1, -0.05) is 30.3 Å². The number of ether oxygens (including phenoxy) is 2. The first-order valence-corrected chi connectivity index (χ1v) is 10.4. The monoisotopic (exact) mass is 387 g/mol. The number of piperidine rings is 1. The lowest BCUT2D eigenvalue weighted by atomic mass is 9.93. The van der Waals surface area contributed by atoms with Gasteiger partial charge in [0, 0.05) is 18.5 Å². The lowest BCUT2D eigenvalue weighted by Gasteiger charge is -2.36. The minimum atomic E-state index is -0.521. The van der Waals surface area contributed by atoms with Gasteiger partial charge in [-0.05, 0) is 65.5 Å². The molecule has 4 atom stereocenters. The van der Waals surface area contributed by atoms with E-state index in [0.717, 1.165) is 18.4 Å². The summed E-state index contributed by atoms with van der Waals surface area (Å²) in [5.41, 5.74) is 0.375. The third-order valence-electron chi connectivity index (χ3n) is 5.88. The van der Waals surface area contributed by atoms with Gasteiger partial charge in [0.25, 0.3) is 0 Å². The van der Waals surface area contributed by atoms with Crippen molar-refractivity contribution in [3.63, 3.8) is 0 Å². The van der Waals surface area contributed by atoms with E-state index in [1.165, 1.54) is 12.8 Å². The summed E-state index contributed by atoms with van der Waals surface area (Å²) in [6, 6.07) is 10.7. The van der Waals surface area contributed by atoms with Gasteiger partial charge in [0.2, 0.25) is 0 Å². The summed E-state index contributed by atoms with van der Waals surface area (Å²) in [6.45, 7) is 5.55. The Morgan fingerprint density at radius 1 is 1.11 bits per heavy atom. The topological polar surface area (TPSA) is 55.8 Å². The van der Waals surface area contributed by atoms with Gasteiger partial charge in [0.05, 0.1) is 5.92 Å². The maximum Gasteiger partial charge on any atom is 0.313 e. The molecule has 154 valence electrons. The van der Waals surface area contributed by atoms with Crippen LogP contribution in [0.2, 0.25) is 0 Å². The minimum absolute atomic E-state index is 0.0195. The molecule has 0 aliphatic carbocycles. The summed E-state index contributed by atoms with van der Waals surface area (Å²) in [7, 11) is 2.17. The normalized spacial score (nSPS) is 25.9.